The van der Waals surface area contributed by atoms with Gasteiger partial charge in [-0.05, 0) is 36.9 Å². The summed E-state index contributed by atoms with van der Waals surface area (Å²) < 4.78 is 12.2. The van der Waals surface area contributed by atoms with Crippen molar-refractivity contribution in [2.24, 2.45) is 5.10 Å². The fraction of sp³-hybridized carbons (Fsp3) is 0.368. The largest absolute Gasteiger partial charge is 0.493 e. The molecule has 3 rings (SSSR count). The molecule has 1 amide bonds. The summed E-state index contributed by atoms with van der Waals surface area (Å²) in [5.74, 6) is 1.78. The minimum absolute atomic E-state index is 0.0868. The number of rotatable bonds is 5. The number of amides is 1. The van der Waals surface area contributed by atoms with Gasteiger partial charge in [-0.1, -0.05) is 13.8 Å². The number of hydrogen-bond acceptors (Lipinski definition) is 7. The van der Waals surface area contributed by atoms with Crippen molar-refractivity contribution in [1.82, 2.24) is 9.55 Å². The van der Waals surface area contributed by atoms with Crippen molar-refractivity contribution < 1.29 is 19.1 Å². The standard InChI is InChI=1S/C19H22N4O4S/c1-6-15(24)22-11(3)20-17-19(22)28-18(21-23(17)16(25)7-2)12-8-9-13(26-4)14(10-12)27-5/h8-10H,6-7H2,1-5H3. The number of benzene rings is 1. The van der Waals surface area contributed by atoms with Crippen LogP contribution in [0.25, 0.3) is 0 Å². The SMILES string of the molecule is CCC(=O)N1N=C(c2ccc(OC)c(OC)c2)Sc2c1nc(C)n2C(=O)CC. The third kappa shape index (κ3) is 3.37. The minimum atomic E-state index is -0.201. The lowest BCUT2D eigenvalue weighted by atomic mass is 10.2. The molecule has 2 heterocycles. The maximum atomic E-state index is 12.5. The zero-order valence-corrected chi connectivity index (χ0v) is 17.3. The highest BCUT2D eigenvalue weighted by molar-refractivity contribution is 8.14. The van der Waals surface area contributed by atoms with Gasteiger partial charge >= 0.3 is 0 Å². The lowest BCUT2D eigenvalue weighted by molar-refractivity contribution is -0.118. The van der Waals surface area contributed by atoms with Gasteiger partial charge in [0.25, 0.3) is 0 Å². The number of ether oxygens (including phenoxy) is 2. The molecular weight excluding hydrogens is 380 g/mol. The van der Waals surface area contributed by atoms with Crippen molar-refractivity contribution in [2.45, 2.75) is 38.6 Å². The van der Waals surface area contributed by atoms with Crippen LogP contribution in [0.4, 0.5) is 5.82 Å². The lowest BCUT2D eigenvalue weighted by Crippen LogP contribution is -2.29. The van der Waals surface area contributed by atoms with Crippen LogP contribution in [0.15, 0.2) is 28.3 Å². The first-order valence-electron chi connectivity index (χ1n) is 8.89. The quantitative estimate of drug-likeness (QED) is 0.761. The number of anilines is 1. The van der Waals surface area contributed by atoms with E-state index in [2.05, 4.69) is 10.1 Å². The molecular formula is C19H22N4O4S. The molecule has 0 aliphatic carbocycles. The first-order chi connectivity index (χ1) is 13.4. The summed E-state index contributed by atoms with van der Waals surface area (Å²) >= 11 is 1.30. The normalized spacial score (nSPS) is 13.0. The maximum absolute atomic E-state index is 12.5. The Bertz CT molecular complexity index is 967. The molecule has 1 aliphatic rings. The van der Waals surface area contributed by atoms with E-state index in [9.17, 15) is 9.59 Å². The zero-order valence-electron chi connectivity index (χ0n) is 16.5. The molecule has 0 unspecified atom stereocenters. The molecule has 2 aromatic rings. The van der Waals surface area contributed by atoms with Crippen LogP contribution in [0, 0.1) is 6.92 Å². The molecule has 1 aromatic carbocycles. The number of aryl methyl sites for hydroxylation is 1. The molecule has 0 fully saturated rings. The fourth-order valence-electron chi connectivity index (χ4n) is 2.84. The van der Waals surface area contributed by atoms with Crippen LogP contribution in [-0.2, 0) is 4.79 Å². The Morgan fingerprint density at radius 1 is 1.07 bits per heavy atom. The molecule has 8 nitrogen and oxygen atoms in total. The highest BCUT2D eigenvalue weighted by Gasteiger charge is 2.32. The van der Waals surface area contributed by atoms with Gasteiger partial charge < -0.3 is 9.47 Å². The highest BCUT2D eigenvalue weighted by atomic mass is 32.2. The number of methoxy groups -OCH3 is 2. The van der Waals surface area contributed by atoms with E-state index < -0.39 is 0 Å². The molecule has 0 N–H and O–H groups in total. The topological polar surface area (TPSA) is 86.0 Å². The van der Waals surface area contributed by atoms with Crippen LogP contribution < -0.4 is 14.5 Å². The molecule has 148 valence electrons. The van der Waals surface area contributed by atoms with Crippen molar-refractivity contribution >= 4 is 34.4 Å². The summed E-state index contributed by atoms with van der Waals surface area (Å²) in [5.41, 5.74) is 0.747. The average molecular weight is 402 g/mol. The summed E-state index contributed by atoms with van der Waals surface area (Å²) in [7, 11) is 3.12. The Morgan fingerprint density at radius 2 is 1.75 bits per heavy atom. The summed E-state index contributed by atoms with van der Waals surface area (Å²) in [4.78, 5) is 29.4. The monoisotopic (exact) mass is 402 g/mol. The number of hydrazone groups is 1. The van der Waals surface area contributed by atoms with E-state index in [0.29, 0.717) is 39.6 Å². The van der Waals surface area contributed by atoms with E-state index in [1.165, 1.54) is 16.8 Å². The Labute approximate surface area is 167 Å². The summed E-state index contributed by atoms with van der Waals surface area (Å²) in [5, 5.41) is 6.96. The molecule has 1 aromatic heterocycles. The second-order valence-corrected chi connectivity index (χ2v) is 6.98. The molecule has 28 heavy (non-hydrogen) atoms. The summed E-state index contributed by atoms with van der Waals surface area (Å²) in [6, 6.07) is 5.40. The number of nitrogens with zero attached hydrogens (tertiary/aromatic N) is 4. The minimum Gasteiger partial charge on any atom is -0.493 e. The smallest absolute Gasteiger partial charge is 0.248 e. The summed E-state index contributed by atoms with van der Waals surface area (Å²) in [6.07, 6.45) is 0.592. The predicted molar refractivity (Wildman–Crippen MR) is 108 cm³/mol. The molecule has 0 saturated heterocycles. The Morgan fingerprint density at radius 3 is 2.36 bits per heavy atom. The summed E-state index contributed by atoms with van der Waals surface area (Å²) in [6.45, 7) is 5.30. The van der Waals surface area contributed by atoms with Gasteiger partial charge in [0.05, 0.1) is 14.2 Å². The van der Waals surface area contributed by atoms with Crippen LogP contribution in [0.1, 0.15) is 42.9 Å². The molecule has 0 radical (unpaired) electrons. The molecule has 0 bridgehead atoms. The van der Waals surface area contributed by atoms with Crippen molar-refractivity contribution in [1.29, 1.82) is 0 Å². The molecule has 1 aliphatic heterocycles. The van der Waals surface area contributed by atoms with Gasteiger partial charge in [0.15, 0.2) is 17.3 Å². The van der Waals surface area contributed by atoms with Gasteiger partial charge in [-0.3, -0.25) is 14.2 Å². The average Bonchev–Trinajstić information content (AvgIpc) is 3.06. The van der Waals surface area contributed by atoms with Crippen LogP contribution >= 0.6 is 11.8 Å². The van der Waals surface area contributed by atoms with E-state index in [1.54, 1.807) is 51.7 Å². The third-order valence-corrected chi connectivity index (χ3v) is 5.36. The van der Waals surface area contributed by atoms with E-state index in [0.717, 1.165) is 5.56 Å². The number of thioether (sulfide) groups is 1. The van der Waals surface area contributed by atoms with E-state index >= 15 is 0 Å². The first kappa shape index (κ1) is 19.9. The maximum Gasteiger partial charge on any atom is 0.248 e. The Hall–Kier alpha value is -2.81. The number of carbonyl (C=O) groups excluding carboxylic acids is 2. The number of carbonyl (C=O) groups is 2. The Kier molecular flexibility index (Phi) is 5.73. The number of imidazole rings is 1. The van der Waals surface area contributed by atoms with Crippen molar-refractivity contribution in [3.63, 3.8) is 0 Å². The fourth-order valence-corrected chi connectivity index (χ4v) is 3.94. The highest BCUT2D eigenvalue weighted by Crippen LogP contribution is 2.40. The molecule has 9 heteroatoms. The van der Waals surface area contributed by atoms with E-state index in [1.807, 2.05) is 6.07 Å². The van der Waals surface area contributed by atoms with Crippen LogP contribution in [0.2, 0.25) is 0 Å². The van der Waals surface area contributed by atoms with Crippen molar-refractivity contribution in [3.8, 4) is 11.5 Å². The second kappa shape index (κ2) is 8.05. The lowest BCUT2D eigenvalue weighted by Gasteiger charge is -2.23. The van der Waals surface area contributed by atoms with E-state index in [-0.39, 0.29) is 18.2 Å². The van der Waals surface area contributed by atoms with Crippen LogP contribution in [0.5, 0.6) is 11.5 Å². The predicted octanol–water partition coefficient (Wildman–Crippen LogP) is 3.47. The Balaban J connectivity index is 2.14. The zero-order chi connectivity index (χ0) is 20.4. The number of fused-ring (bicyclic) bond motifs is 1. The van der Waals surface area contributed by atoms with Gasteiger partial charge in [0, 0.05) is 18.4 Å². The molecule has 0 atom stereocenters. The van der Waals surface area contributed by atoms with Crippen molar-refractivity contribution in [2.75, 3.05) is 19.2 Å². The van der Waals surface area contributed by atoms with Crippen LogP contribution in [-0.4, -0.2) is 40.6 Å². The molecule has 0 spiro atoms. The number of aromatic nitrogens is 2. The van der Waals surface area contributed by atoms with Gasteiger partial charge in [0.1, 0.15) is 15.9 Å². The van der Waals surface area contributed by atoms with Gasteiger partial charge in [-0.25, -0.2) is 4.98 Å². The van der Waals surface area contributed by atoms with Gasteiger partial charge in [-0.15, -0.1) is 0 Å². The van der Waals surface area contributed by atoms with E-state index in [4.69, 9.17) is 9.47 Å². The van der Waals surface area contributed by atoms with Gasteiger partial charge in [0.2, 0.25) is 11.8 Å². The van der Waals surface area contributed by atoms with Gasteiger partial charge in [-0.2, -0.15) is 10.1 Å². The second-order valence-electron chi connectivity index (χ2n) is 6.01. The van der Waals surface area contributed by atoms with Crippen LogP contribution in [0.3, 0.4) is 0 Å². The van der Waals surface area contributed by atoms with Crippen molar-refractivity contribution in [3.05, 3.63) is 29.6 Å². The number of hydrogen-bond donors (Lipinski definition) is 0. The third-order valence-electron chi connectivity index (χ3n) is 4.29. The first-order valence-corrected chi connectivity index (χ1v) is 9.71. The molecule has 0 saturated carbocycles.